The quantitative estimate of drug-likeness (QED) is 0.569. The van der Waals surface area contributed by atoms with Crippen LogP contribution in [0.2, 0.25) is 0 Å². The van der Waals surface area contributed by atoms with Crippen LogP contribution in [-0.2, 0) is 6.42 Å². The lowest BCUT2D eigenvalue weighted by atomic mass is 9.99. The van der Waals surface area contributed by atoms with E-state index in [9.17, 15) is 9.65 Å². The lowest BCUT2D eigenvalue weighted by molar-refractivity contribution is 0.608. The predicted molar refractivity (Wildman–Crippen MR) is 100 cm³/mol. The van der Waals surface area contributed by atoms with Gasteiger partial charge < -0.3 is 9.88 Å². The highest BCUT2D eigenvalue weighted by molar-refractivity contribution is 5.61. The van der Waals surface area contributed by atoms with Crippen molar-refractivity contribution in [2.24, 2.45) is 0 Å². The minimum absolute atomic E-state index is 0.294. The number of rotatable bonds is 2. The van der Waals surface area contributed by atoms with E-state index in [2.05, 4.69) is 26.1 Å². The van der Waals surface area contributed by atoms with Gasteiger partial charge in [0, 0.05) is 31.1 Å². The molecule has 1 aliphatic heterocycles. The molecule has 5 heterocycles. The summed E-state index contributed by atoms with van der Waals surface area (Å²) in [5.41, 5.74) is 3.29. The zero-order valence-corrected chi connectivity index (χ0v) is 15.0. The Kier molecular flexibility index (Phi) is 3.75. The van der Waals surface area contributed by atoms with Crippen LogP contribution in [0.5, 0.6) is 0 Å². The number of imidazole rings is 1. The van der Waals surface area contributed by atoms with Crippen molar-refractivity contribution in [3.63, 3.8) is 0 Å². The van der Waals surface area contributed by atoms with Gasteiger partial charge in [-0.3, -0.25) is 0 Å². The second kappa shape index (κ2) is 6.43. The molecule has 0 unspecified atom stereocenters. The van der Waals surface area contributed by atoms with E-state index in [0.29, 0.717) is 41.1 Å². The van der Waals surface area contributed by atoms with Gasteiger partial charge in [0.1, 0.15) is 35.3 Å². The maximum Gasteiger partial charge on any atom is 0.148 e. The summed E-state index contributed by atoms with van der Waals surface area (Å²) >= 11 is 0. The van der Waals surface area contributed by atoms with Crippen LogP contribution in [0.1, 0.15) is 34.3 Å². The van der Waals surface area contributed by atoms with E-state index in [1.165, 1.54) is 22.8 Å². The minimum atomic E-state index is -0.447. The van der Waals surface area contributed by atoms with E-state index < -0.39 is 6.04 Å². The fourth-order valence-corrected chi connectivity index (χ4v) is 3.77. The van der Waals surface area contributed by atoms with Crippen LogP contribution in [0.25, 0.3) is 5.52 Å². The smallest absolute Gasteiger partial charge is 0.148 e. The van der Waals surface area contributed by atoms with Crippen LogP contribution < -0.4 is 4.90 Å². The van der Waals surface area contributed by atoms with Crippen LogP contribution in [0, 0.1) is 28.5 Å². The van der Waals surface area contributed by atoms with Crippen molar-refractivity contribution >= 4 is 11.3 Å². The Labute approximate surface area is 164 Å². The molecule has 140 valence electrons. The van der Waals surface area contributed by atoms with Crippen LogP contribution >= 0.6 is 0 Å². The molecule has 0 radical (unpaired) electrons. The second-order valence-electron chi connectivity index (χ2n) is 6.69. The first kappa shape index (κ1) is 16.9. The van der Waals surface area contributed by atoms with Crippen LogP contribution in [0.4, 0.5) is 10.2 Å². The summed E-state index contributed by atoms with van der Waals surface area (Å²) in [7, 11) is 0. The summed E-state index contributed by atoms with van der Waals surface area (Å²) in [6, 6.07) is 9.86. The molecule has 8 nitrogen and oxygen atoms in total. The first-order valence-corrected chi connectivity index (χ1v) is 8.92. The van der Waals surface area contributed by atoms with Gasteiger partial charge in [0.15, 0.2) is 0 Å². The molecule has 4 aromatic heterocycles. The van der Waals surface area contributed by atoms with Gasteiger partial charge in [0.2, 0.25) is 0 Å². The molecule has 0 fully saturated rings. The maximum atomic E-state index is 14.2. The zero-order chi connectivity index (χ0) is 20.0. The summed E-state index contributed by atoms with van der Waals surface area (Å²) in [4.78, 5) is 13.9. The molecule has 0 aliphatic carbocycles. The lowest BCUT2D eigenvalue weighted by Crippen LogP contribution is -2.37. The number of hydrogen-bond donors (Lipinski definition) is 1. The molecule has 0 saturated heterocycles. The van der Waals surface area contributed by atoms with Crippen molar-refractivity contribution in [3.05, 3.63) is 77.0 Å². The standard InChI is InChI=1S/C20H13FN8/c21-14-2-1-4-29-17(14)7-16(27-29)19-18-15(25-11-26-18)3-5-28(19)20-13(9-23)6-12(8-22)10-24-20/h1-2,4,6-7,10-11,19H,3,5H2,(H,25,26)/t19-/m1/s1. The number of halogens is 1. The van der Waals surface area contributed by atoms with Crippen molar-refractivity contribution in [1.29, 1.82) is 10.5 Å². The highest BCUT2D eigenvalue weighted by Crippen LogP contribution is 2.37. The average molecular weight is 384 g/mol. The number of H-pyrrole nitrogens is 1. The molecule has 9 heteroatoms. The SMILES string of the molecule is N#Cc1cnc(N2CCc3[nH]cnc3[C@H]2c2cc3c(F)cccn3n2)c(C#N)c1. The molecule has 29 heavy (non-hydrogen) atoms. The Morgan fingerprint density at radius 2 is 2.10 bits per heavy atom. The van der Waals surface area contributed by atoms with Crippen molar-refractivity contribution in [2.75, 3.05) is 11.4 Å². The third-order valence-electron chi connectivity index (χ3n) is 5.06. The Morgan fingerprint density at radius 1 is 1.21 bits per heavy atom. The number of nitrogens with one attached hydrogen (secondary N) is 1. The third kappa shape index (κ3) is 2.60. The van der Waals surface area contributed by atoms with E-state index in [1.54, 1.807) is 24.7 Å². The Bertz CT molecular complexity index is 1320. The van der Waals surface area contributed by atoms with Crippen molar-refractivity contribution in [3.8, 4) is 12.1 Å². The molecule has 0 saturated carbocycles. The molecule has 0 bridgehead atoms. The van der Waals surface area contributed by atoms with Gasteiger partial charge in [0.25, 0.3) is 0 Å². The Morgan fingerprint density at radius 3 is 2.90 bits per heavy atom. The predicted octanol–water partition coefficient (Wildman–Crippen LogP) is 2.49. The molecular weight excluding hydrogens is 371 g/mol. The number of pyridine rings is 2. The zero-order valence-electron chi connectivity index (χ0n) is 15.0. The largest absolute Gasteiger partial charge is 0.348 e. The topological polar surface area (TPSA) is 110 Å². The van der Waals surface area contributed by atoms with Gasteiger partial charge in [-0.25, -0.2) is 18.9 Å². The number of aromatic nitrogens is 5. The van der Waals surface area contributed by atoms with Crippen LogP contribution in [0.3, 0.4) is 0 Å². The fraction of sp³-hybridized carbons (Fsp3) is 0.150. The molecule has 1 N–H and O–H groups in total. The summed E-state index contributed by atoms with van der Waals surface area (Å²) < 4.78 is 15.7. The second-order valence-corrected chi connectivity index (χ2v) is 6.69. The van der Waals surface area contributed by atoms with Gasteiger partial charge in [-0.05, 0) is 24.3 Å². The van der Waals surface area contributed by atoms with Crippen LogP contribution in [0.15, 0.2) is 43.0 Å². The normalized spacial score (nSPS) is 15.7. The van der Waals surface area contributed by atoms with Gasteiger partial charge in [-0.2, -0.15) is 15.6 Å². The average Bonchev–Trinajstić information content (AvgIpc) is 3.40. The first-order chi connectivity index (χ1) is 14.2. The molecular formula is C20H13FN8. The molecule has 0 amide bonds. The van der Waals surface area contributed by atoms with Gasteiger partial charge in [-0.1, -0.05) is 0 Å². The van der Waals surface area contributed by atoms with Crippen molar-refractivity contribution < 1.29 is 4.39 Å². The lowest BCUT2D eigenvalue weighted by Gasteiger charge is -2.35. The van der Waals surface area contributed by atoms with E-state index in [4.69, 9.17) is 5.26 Å². The molecule has 4 aromatic rings. The summed E-state index contributed by atoms with van der Waals surface area (Å²) in [6.45, 7) is 0.559. The van der Waals surface area contributed by atoms with Gasteiger partial charge in [-0.15, -0.1) is 0 Å². The summed E-state index contributed by atoms with van der Waals surface area (Å²) in [5, 5.41) is 23.3. The number of anilines is 1. The highest BCUT2D eigenvalue weighted by Gasteiger charge is 2.35. The van der Waals surface area contributed by atoms with E-state index in [0.717, 1.165) is 11.4 Å². The molecule has 1 aliphatic rings. The monoisotopic (exact) mass is 384 g/mol. The highest BCUT2D eigenvalue weighted by atomic mass is 19.1. The van der Waals surface area contributed by atoms with Gasteiger partial charge >= 0.3 is 0 Å². The van der Waals surface area contributed by atoms with Crippen molar-refractivity contribution in [1.82, 2.24) is 24.6 Å². The maximum absolute atomic E-state index is 14.2. The summed E-state index contributed by atoms with van der Waals surface area (Å²) in [5.74, 6) is 0.0766. The number of nitriles is 2. The number of hydrogen-bond acceptors (Lipinski definition) is 6. The Hall–Kier alpha value is -4.24. The minimum Gasteiger partial charge on any atom is -0.348 e. The fourth-order valence-electron chi connectivity index (χ4n) is 3.77. The van der Waals surface area contributed by atoms with E-state index in [1.807, 2.05) is 11.0 Å². The van der Waals surface area contributed by atoms with Crippen LogP contribution in [-0.4, -0.2) is 31.1 Å². The van der Waals surface area contributed by atoms with E-state index in [-0.39, 0.29) is 5.82 Å². The third-order valence-corrected chi connectivity index (χ3v) is 5.06. The number of fused-ring (bicyclic) bond motifs is 2. The van der Waals surface area contributed by atoms with E-state index >= 15 is 0 Å². The summed E-state index contributed by atoms with van der Waals surface area (Å²) in [6.07, 6.45) is 5.42. The van der Waals surface area contributed by atoms with Crippen molar-refractivity contribution in [2.45, 2.75) is 12.5 Å². The van der Waals surface area contributed by atoms with Gasteiger partial charge in [0.05, 0.1) is 28.8 Å². The Balaban J connectivity index is 1.70. The molecule has 0 spiro atoms. The molecule has 0 aromatic carbocycles. The molecule has 1 atom stereocenters. The number of aromatic amines is 1. The first-order valence-electron chi connectivity index (χ1n) is 8.92. The molecule has 5 rings (SSSR count). The number of nitrogens with zero attached hydrogens (tertiary/aromatic N) is 7.